The maximum Gasteiger partial charge on any atom is 0.129 e. The number of hydrogen-bond acceptors (Lipinski definition) is 0. The summed E-state index contributed by atoms with van der Waals surface area (Å²) in [7, 11) is 1.33. The van der Waals surface area contributed by atoms with Gasteiger partial charge in [0.15, 0.2) is 0 Å². The molecule has 0 aliphatic carbocycles. The molecule has 0 nitrogen and oxygen atoms in total. The van der Waals surface area contributed by atoms with Crippen molar-refractivity contribution in [3.05, 3.63) is 30.3 Å². The van der Waals surface area contributed by atoms with E-state index in [2.05, 4.69) is 0 Å². The average Bonchev–Trinajstić information content (AvgIpc) is 2.10. The molecule has 0 bridgehead atoms. The second kappa shape index (κ2) is 5.42. The first-order valence-corrected chi connectivity index (χ1v) is 3.20. The van der Waals surface area contributed by atoms with Crippen LogP contribution in [0.4, 0.5) is 0 Å². The van der Waals surface area contributed by atoms with Crippen molar-refractivity contribution in [1.29, 1.82) is 1.34 Å². The van der Waals surface area contributed by atoms with Crippen molar-refractivity contribution in [2.75, 3.05) is 0 Å². The second-order valence-corrected chi connectivity index (χ2v) is 1.41. The van der Waals surface area contributed by atoms with E-state index in [0.717, 1.165) is 5.46 Å². The maximum atomic E-state index is 6.82. The molecule has 47 valence electrons. The van der Waals surface area contributed by atoms with Gasteiger partial charge in [-0.3, -0.25) is 0 Å². The van der Waals surface area contributed by atoms with Gasteiger partial charge < -0.3 is 0 Å². The Balaban J connectivity index is 0.000000371. The smallest absolute Gasteiger partial charge is 0.0926 e. The van der Waals surface area contributed by atoms with E-state index in [9.17, 15) is 0 Å². The summed E-state index contributed by atoms with van der Waals surface area (Å²) in [6.07, 6.45) is 0. The highest BCUT2D eigenvalue weighted by Gasteiger charge is 1.72. The van der Waals surface area contributed by atoms with Crippen molar-refractivity contribution in [3.63, 3.8) is 0 Å². The Kier molecular flexibility index (Phi) is 3.86. The quantitative estimate of drug-likeness (QED) is 0.488. The lowest BCUT2D eigenvalue weighted by Crippen LogP contribution is -1.97. The summed E-state index contributed by atoms with van der Waals surface area (Å²) < 4.78 is 6.82. The molecular formula is C8H12B. The molecule has 1 radical (unpaired) electrons. The Labute approximate surface area is 59.7 Å². The van der Waals surface area contributed by atoms with E-state index in [0.29, 0.717) is 0 Å². The van der Waals surface area contributed by atoms with E-state index >= 15 is 0 Å². The van der Waals surface area contributed by atoms with Crippen LogP contribution in [0.15, 0.2) is 30.3 Å². The van der Waals surface area contributed by atoms with Crippen molar-refractivity contribution in [1.82, 2.24) is 0 Å². The monoisotopic (exact) mass is 119 g/mol. The summed E-state index contributed by atoms with van der Waals surface area (Å²) in [6.45, 7) is 4.00. The Morgan fingerprint density at radius 2 is 1.78 bits per heavy atom. The highest BCUT2D eigenvalue weighted by molar-refractivity contribution is 6.32. The van der Waals surface area contributed by atoms with Crippen LogP contribution in [-0.4, -0.2) is 9.15 Å². The average molecular weight is 119 g/mol. The molecule has 0 spiro atoms. The van der Waals surface area contributed by atoms with E-state index in [-0.39, 0.29) is 0 Å². The van der Waals surface area contributed by atoms with Gasteiger partial charge in [0.25, 0.3) is 0 Å². The molecule has 0 unspecified atom stereocenters. The van der Waals surface area contributed by atoms with Crippen LogP contribution in [0.3, 0.4) is 0 Å². The third-order valence-electron chi connectivity index (χ3n) is 0.800. The summed E-state index contributed by atoms with van der Waals surface area (Å²) in [6, 6.07) is 9.56. The Morgan fingerprint density at radius 1 is 1.22 bits per heavy atom. The lowest BCUT2D eigenvalue weighted by Gasteiger charge is -1.82. The highest BCUT2D eigenvalue weighted by Crippen LogP contribution is 1.76. The van der Waals surface area contributed by atoms with Gasteiger partial charge in [0, 0.05) is 0 Å². The lowest BCUT2D eigenvalue weighted by atomic mass is 9.97. The van der Waals surface area contributed by atoms with E-state index in [1.165, 1.54) is 7.81 Å². The molecule has 0 aliphatic heterocycles. The minimum Gasteiger partial charge on any atom is -0.0926 e. The van der Waals surface area contributed by atoms with Crippen molar-refractivity contribution < 1.29 is 0 Å². The van der Waals surface area contributed by atoms with Crippen LogP contribution in [-0.2, 0) is 0 Å². The zero-order valence-electron chi connectivity index (χ0n) is 6.96. The molecule has 9 heavy (non-hydrogen) atoms. The Bertz CT molecular complexity index is 151. The van der Waals surface area contributed by atoms with E-state index in [1.807, 2.05) is 44.2 Å². The van der Waals surface area contributed by atoms with E-state index in [4.69, 9.17) is 1.34 Å². The predicted octanol–water partition coefficient (Wildman–Crippen LogP) is 1.24. The zero-order chi connectivity index (χ0) is 7.82. The molecule has 1 rings (SSSR count). The van der Waals surface area contributed by atoms with Crippen molar-refractivity contribution in [2.24, 2.45) is 0 Å². The van der Waals surface area contributed by atoms with E-state index < -0.39 is 0 Å². The highest BCUT2D eigenvalue weighted by atomic mass is 13.7. The Morgan fingerprint density at radius 3 is 2.11 bits per heavy atom. The summed E-state index contributed by atoms with van der Waals surface area (Å²) in [5.74, 6) is 0. The summed E-state index contributed by atoms with van der Waals surface area (Å²) in [5.41, 5.74) is 0.951. The van der Waals surface area contributed by atoms with Gasteiger partial charge in [0.05, 0.1) is 0 Å². The van der Waals surface area contributed by atoms with Gasteiger partial charge in [-0.05, 0) is 1.34 Å². The number of benzene rings is 1. The summed E-state index contributed by atoms with van der Waals surface area (Å²) in [5, 5.41) is 0. The van der Waals surface area contributed by atoms with Gasteiger partial charge in [0.2, 0.25) is 0 Å². The minimum absolute atomic E-state index is 0.951. The molecule has 0 atom stereocenters. The van der Waals surface area contributed by atoms with Crippen molar-refractivity contribution in [2.45, 2.75) is 13.8 Å². The topological polar surface area (TPSA) is 0 Å². The van der Waals surface area contributed by atoms with Crippen LogP contribution in [0.25, 0.3) is 0 Å². The minimum atomic E-state index is 0.951. The fourth-order valence-corrected chi connectivity index (χ4v) is 0.453. The van der Waals surface area contributed by atoms with Gasteiger partial charge in [-0.1, -0.05) is 49.6 Å². The van der Waals surface area contributed by atoms with Crippen LogP contribution >= 0.6 is 0 Å². The molecule has 1 aromatic carbocycles. The molecule has 1 heteroatoms. The van der Waals surface area contributed by atoms with E-state index in [1.54, 1.807) is 0 Å². The summed E-state index contributed by atoms with van der Waals surface area (Å²) >= 11 is 0. The second-order valence-electron chi connectivity index (χ2n) is 1.41. The molecule has 0 N–H and O–H groups in total. The molecular weight excluding hydrogens is 107 g/mol. The standard InChI is InChI=1S/C6H6B.C2H6/c7-6-4-2-1-3-5-6;1-2/h1-5,7H;1-2H3/i7H;. The third kappa shape index (κ3) is 3.83. The van der Waals surface area contributed by atoms with Gasteiger partial charge in [0.1, 0.15) is 7.81 Å². The normalized spacial score (nSPS) is 8.44. The Hall–Kier alpha value is -0.715. The molecule has 0 saturated heterocycles. The third-order valence-corrected chi connectivity index (χ3v) is 0.800. The van der Waals surface area contributed by atoms with Crippen LogP contribution < -0.4 is 5.46 Å². The molecule has 0 saturated carbocycles. The first-order chi connectivity index (χ1) is 4.93. The lowest BCUT2D eigenvalue weighted by molar-refractivity contribution is 1.50. The SMILES string of the molecule is CC.[1H][B]c1ccccc1. The predicted molar refractivity (Wildman–Crippen MR) is 44.6 cm³/mol. The molecule has 1 aromatic rings. The van der Waals surface area contributed by atoms with Crippen LogP contribution in [0, 0.1) is 0 Å². The van der Waals surface area contributed by atoms with Crippen LogP contribution in [0.2, 0.25) is 0 Å². The number of rotatable bonds is 1. The largest absolute Gasteiger partial charge is 0.129 e. The van der Waals surface area contributed by atoms with Crippen LogP contribution in [0.1, 0.15) is 13.8 Å². The van der Waals surface area contributed by atoms with Crippen molar-refractivity contribution in [3.8, 4) is 0 Å². The molecule has 0 aliphatic rings. The van der Waals surface area contributed by atoms with Crippen molar-refractivity contribution >= 4 is 13.3 Å². The number of hydrogen-bond donors (Lipinski definition) is 0. The van der Waals surface area contributed by atoms with Gasteiger partial charge in [-0.15, -0.1) is 0 Å². The molecule has 0 fully saturated rings. The maximum absolute atomic E-state index is 6.82. The molecule has 0 aromatic heterocycles. The first-order valence-electron chi connectivity index (χ1n) is 3.78. The van der Waals surface area contributed by atoms with Gasteiger partial charge in [-0.25, -0.2) is 0 Å². The molecule has 0 heterocycles. The fraction of sp³-hybridized carbons (Fsp3) is 0.250. The van der Waals surface area contributed by atoms with Gasteiger partial charge in [-0.2, -0.15) is 0 Å². The van der Waals surface area contributed by atoms with Crippen LogP contribution in [0.5, 0.6) is 0 Å². The molecule has 0 amide bonds. The fourth-order valence-electron chi connectivity index (χ4n) is 0.453. The first kappa shape index (κ1) is 6.41. The summed E-state index contributed by atoms with van der Waals surface area (Å²) in [4.78, 5) is 0. The zero-order valence-corrected chi connectivity index (χ0v) is 5.96. The van der Waals surface area contributed by atoms with Gasteiger partial charge >= 0.3 is 0 Å².